The van der Waals surface area contributed by atoms with Crippen LogP contribution < -0.4 is 5.32 Å². The molecule has 0 saturated carbocycles. The number of aromatic amines is 1. The van der Waals surface area contributed by atoms with Crippen LogP contribution in [-0.2, 0) is 11.2 Å². The second-order valence-electron chi connectivity index (χ2n) is 6.30. The van der Waals surface area contributed by atoms with Crippen LogP contribution in [0.1, 0.15) is 43.7 Å². The maximum Gasteiger partial charge on any atom is 0.224 e. The van der Waals surface area contributed by atoms with Gasteiger partial charge in [0.05, 0.1) is 0 Å². The summed E-state index contributed by atoms with van der Waals surface area (Å²) < 4.78 is 0. The molecular formula is C21H24N2O. The van der Waals surface area contributed by atoms with Crippen LogP contribution in [0.2, 0.25) is 0 Å². The van der Waals surface area contributed by atoms with Crippen LogP contribution in [0.15, 0.2) is 54.7 Å². The van der Waals surface area contributed by atoms with E-state index in [9.17, 15) is 4.79 Å². The maximum absolute atomic E-state index is 12.4. The number of carbonyl (C=O) groups is 1. The Morgan fingerprint density at radius 1 is 1.12 bits per heavy atom. The van der Waals surface area contributed by atoms with Crippen molar-refractivity contribution in [3.63, 3.8) is 0 Å². The fourth-order valence-electron chi connectivity index (χ4n) is 3.06. The van der Waals surface area contributed by atoms with Crippen LogP contribution in [0.4, 0.5) is 5.69 Å². The number of aryl methyl sites for hydroxylation is 1. The molecule has 3 aromatic rings. The number of fused-ring (bicyclic) bond motifs is 1. The minimum atomic E-state index is 0.0658. The first-order valence-corrected chi connectivity index (χ1v) is 8.62. The van der Waals surface area contributed by atoms with E-state index in [0.29, 0.717) is 12.3 Å². The third-order valence-corrected chi connectivity index (χ3v) is 4.67. The monoisotopic (exact) mass is 320 g/mol. The molecule has 0 aliphatic carbocycles. The first-order valence-electron chi connectivity index (χ1n) is 8.62. The zero-order valence-corrected chi connectivity index (χ0v) is 14.3. The van der Waals surface area contributed by atoms with Crippen molar-refractivity contribution in [2.75, 3.05) is 5.32 Å². The predicted octanol–water partition coefficient (Wildman–Crippen LogP) is 5.25. The molecule has 1 atom stereocenters. The van der Waals surface area contributed by atoms with Crippen molar-refractivity contribution in [3.05, 3.63) is 65.9 Å². The number of amides is 1. The standard InChI is InChI=1S/C21H24N2O/c1-3-15(2)17-8-4-7-11-20(17)23-21(24)13-12-16-14-22-19-10-6-5-9-18(16)19/h4-11,14-15,22H,3,12-13H2,1-2H3,(H,23,24)/t15-/m0/s1. The van der Waals surface area contributed by atoms with Crippen molar-refractivity contribution in [2.24, 2.45) is 0 Å². The van der Waals surface area contributed by atoms with E-state index in [1.807, 2.05) is 36.5 Å². The van der Waals surface area contributed by atoms with Gasteiger partial charge in [0.1, 0.15) is 0 Å². The van der Waals surface area contributed by atoms with E-state index in [-0.39, 0.29) is 5.91 Å². The van der Waals surface area contributed by atoms with Gasteiger partial charge in [-0.2, -0.15) is 0 Å². The first kappa shape index (κ1) is 16.3. The predicted molar refractivity (Wildman–Crippen MR) is 100 cm³/mol. The molecule has 24 heavy (non-hydrogen) atoms. The number of para-hydroxylation sites is 2. The normalized spacial score (nSPS) is 12.2. The average molecular weight is 320 g/mol. The van der Waals surface area contributed by atoms with E-state index < -0.39 is 0 Å². The van der Waals surface area contributed by atoms with Gasteiger partial charge in [-0.05, 0) is 42.0 Å². The molecule has 1 amide bonds. The van der Waals surface area contributed by atoms with E-state index in [0.717, 1.165) is 24.0 Å². The van der Waals surface area contributed by atoms with Crippen molar-refractivity contribution >= 4 is 22.5 Å². The zero-order valence-electron chi connectivity index (χ0n) is 14.3. The molecule has 1 heterocycles. The molecule has 3 rings (SSSR count). The molecule has 124 valence electrons. The molecule has 0 spiro atoms. The Labute approximate surface area is 143 Å². The molecular weight excluding hydrogens is 296 g/mol. The summed E-state index contributed by atoms with van der Waals surface area (Å²) in [6.45, 7) is 4.36. The van der Waals surface area contributed by atoms with Gasteiger partial charge in [0, 0.05) is 29.2 Å². The number of benzene rings is 2. The SMILES string of the molecule is CC[C@H](C)c1ccccc1NC(=O)CCc1c[nH]c2ccccc12. The molecule has 0 bridgehead atoms. The summed E-state index contributed by atoms with van der Waals surface area (Å²) in [5.74, 6) is 0.506. The average Bonchev–Trinajstić information content (AvgIpc) is 3.03. The Hall–Kier alpha value is -2.55. The quantitative estimate of drug-likeness (QED) is 0.640. The van der Waals surface area contributed by atoms with Crippen LogP contribution >= 0.6 is 0 Å². The van der Waals surface area contributed by atoms with Crippen molar-refractivity contribution in [2.45, 2.75) is 39.0 Å². The highest BCUT2D eigenvalue weighted by Crippen LogP contribution is 2.27. The lowest BCUT2D eigenvalue weighted by atomic mass is 9.97. The van der Waals surface area contributed by atoms with Crippen molar-refractivity contribution in [1.29, 1.82) is 0 Å². The molecule has 3 heteroatoms. The lowest BCUT2D eigenvalue weighted by molar-refractivity contribution is -0.116. The van der Waals surface area contributed by atoms with Crippen molar-refractivity contribution in [3.8, 4) is 0 Å². The summed E-state index contributed by atoms with van der Waals surface area (Å²) in [7, 11) is 0. The Morgan fingerprint density at radius 3 is 2.71 bits per heavy atom. The number of rotatable bonds is 6. The van der Waals surface area contributed by atoms with Gasteiger partial charge in [-0.3, -0.25) is 4.79 Å². The number of hydrogen-bond acceptors (Lipinski definition) is 1. The van der Waals surface area contributed by atoms with Gasteiger partial charge in [0.15, 0.2) is 0 Å². The van der Waals surface area contributed by atoms with E-state index in [1.54, 1.807) is 0 Å². The highest BCUT2D eigenvalue weighted by atomic mass is 16.1. The van der Waals surface area contributed by atoms with Crippen LogP contribution in [-0.4, -0.2) is 10.9 Å². The highest BCUT2D eigenvalue weighted by molar-refractivity contribution is 5.92. The van der Waals surface area contributed by atoms with Gasteiger partial charge in [-0.15, -0.1) is 0 Å². The number of anilines is 1. The number of nitrogens with one attached hydrogen (secondary N) is 2. The first-order chi connectivity index (χ1) is 11.7. The molecule has 1 aromatic heterocycles. The topological polar surface area (TPSA) is 44.9 Å². The number of aromatic nitrogens is 1. The van der Waals surface area contributed by atoms with E-state index in [4.69, 9.17) is 0 Å². The second kappa shape index (κ2) is 7.35. The Morgan fingerprint density at radius 2 is 1.88 bits per heavy atom. The summed E-state index contributed by atoms with van der Waals surface area (Å²) in [4.78, 5) is 15.6. The Kier molecular flexibility index (Phi) is 4.99. The van der Waals surface area contributed by atoms with Gasteiger partial charge in [0.2, 0.25) is 5.91 Å². The maximum atomic E-state index is 12.4. The van der Waals surface area contributed by atoms with Crippen LogP contribution in [0.25, 0.3) is 10.9 Å². The molecule has 0 unspecified atom stereocenters. The number of carbonyl (C=O) groups excluding carboxylic acids is 1. The van der Waals surface area contributed by atoms with Crippen molar-refractivity contribution < 1.29 is 4.79 Å². The van der Waals surface area contributed by atoms with Gasteiger partial charge < -0.3 is 10.3 Å². The summed E-state index contributed by atoms with van der Waals surface area (Å²) in [6.07, 6.45) is 4.28. The molecule has 0 aliphatic rings. The van der Waals surface area contributed by atoms with E-state index >= 15 is 0 Å². The fraction of sp³-hybridized carbons (Fsp3) is 0.286. The fourth-order valence-corrected chi connectivity index (χ4v) is 3.06. The third kappa shape index (κ3) is 3.51. The van der Waals surface area contributed by atoms with Crippen LogP contribution in [0, 0.1) is 0 Å². The molecule has 2 N–H and O–H groups in total. The van der Waals surface area contributed by atoms with Crippen LogP contribution in [0.5, 0.6) is 0 Å². The summed E-state index contributed by atoms with van der Waals surface area (Å²) in [5, 5.41) is 4.29. The summed E-state index contributed by atoms with van der Waals surface area (Å²) in [6, 6.07) is 16.3. The van der Waals surface area contributed by atoms with Crippen molar-refractivity contribution in [1.82, 2.24) is 4.98 Å². The number of hydrogen-bond donors (Lipinski definition) is 2. The van der Waals surface area contributed by atoms with E-state index in [1.165, 1.54) is 16.5 Å². The summed E-state index contributed by atoms with van der Waals surface area (Å²) in [5.41, 5.74) is 4.46. The van der Waals surface area contributed by atoms with E-state index in [2.05, 4.69) is 42.3 Å². The molecule has 3 nitrogen and oxygen atoms in total. The lowest BCUT2D eigenvalue weighted by Crippen LogP contribution is -2.14. The molecule has 0 radical (unpaired) electrons. The van der Waals surface area contributed by atoms with Gasteiger partial charge in [-0.25, -0.2) is 0 Å². The second-order valence-corrected chi connectivity index (χ2v) is 6.30. The minimum Gasteiger partial charge on any atom is -0.361 e. The zero-order chi connectivity index (χ0) is 16.9. The molecule has 0 saturated heterocycles. The lowest BCUT2D eigenvalue weighted by Gasteiger charge is -2.15. The van der Waals surface area contributed by atoms with Gasteiger partial charge in [0.25, 0.3) is 0 Å². The Balaban J connectivity index is 1.66. The molecule has 0 aliphatic heterocycles. The van der Waals surface area contributed by atoms with Gasteiger partial charge >= 0.3 is 0 Å². The van der Waals surface area contributed by atoms with Gasteiger partial charge in [-0.1, -0.05) is 50.2 Å². The number of H-pyrrole nitrogens is 1. The third-order valence-electron chi connectivity index (χ3n) is 4.67. The Bertz CT molecular complexity index is 834. The largest absolute Gasteiger partial charge is 0.361 e. The highest BCUT2D eigenvalue weighted by Gasteiger charge is 2.12. The summed E-state index contributed by atoms with van der Waals surface area (Å²) >= 11 is 0. The molecule has 0 fully saturated rings. The minimum absolute atomic E-state index is 0.0658. The molecule has 2 aromatic carbocycles. The van der Waals surface area contributed by atoms with Crippen LogP contribution in [0.3, 0.4) is 0 Å². The smallest absolute Gasteiger partial charge is 0.224 e.